The smallest absolute Gasteiger partial charge is 0.266 e. The van der Waals surface area contributed by atoms with E-state index in [1.807, 2.05) is 12.1 Å². The second kappa shape index (κ2) is 9.81. The largest absolute Gasteiger partial charge is 0.493 e. The van der Waals surface area contributed by atoms with Crippen molar-refractivity contribution in [1.29, 1.82) is 5.26 Å². The molecular weight excluding hydrogens is 432 g/mol. The lowest BCUT2D eigenvalue weighted by atomic mass is 10.1. The molecule has 0 radical (unpaired) electrons. The van der Waals surface area contributed by atoms with Crippen LogP contribution in [0.4, 0.5) is 5.69 Å². The van der Waals surface area contributed by atoms with Crippen molar-refractivity contribution < 1.29 is 14.3 Å². The molecule has 7 heteroatoms. The van der Waals surface area contributed by atoms with Crippen LogP contribution in [0.1, 0.15) is 5.56 Å². The van der Waals surface area contributed by atoms with Crippen molar-refractivity contribution >= 4 is 45.2 Å². The number of anilines is 1. The summed E-state index contributed by atoms with van der Waals surface area (Å²) < 4.78 is 11.6. The first-order valence-corrected chi connectivity index (χ1v) is 8.95. The molecule has 0 saturated heterocycles. The Hall–Kier alpha value is -2.75. The van der Waals surface area contributed by atoms with E-state index in [0.29, 0.717) is 27.8 Å². The maximum atomic E-state index is 12.4. The lowest BCUT2D eigenvalue weighted by molar-refractivity contribution is -0.112. The van der Waals surface area contributed by atoms with Crippen molar-refractivity contribution in [2.45, 2.75) is 0 Å². The predicted molar refractivity (Wildman–Crippen MR) is 110 cm³/mol. The quantitative estimate of drug-likeness (QED) is 0.359. The number of rotatable bonds is 7. The van der Waals surface area contributed by atoms with Gasteiger partial charge in [0.05, 0.1) is 12.1 Å². The summed E-state index contributed by atoms with van der Waals surface area (Å²) >= 11 is 9.58. The van der Waals surface area contributed by atoms with Crippen LogP contribution in [-0.4, -0.2) is 19.6 Å². The van der Waals surface area contributed by atoms with Crippen LogP contribution in [0.15, 0.2) is 59.1 Å². The number of ether oxygens (including phenoxy) is 2. The third-order valence-corrected chi connectivity index (χ3v) is 4.13. The molecule has 2 aromatic rings. The first-order valence-electron chi connectivity index (χ1n) is 7.78. The third kappa shape index (κ3) is 5.61. The molecule has 138 valence electrons. The zero-order chi connectivity index (χ0) is 19.8. The van der Waals surface area contributed by atoms with Crippen LogP contribution in [0.3, 0.4) is 0 Å². The minimum atomic E-state index is -0.530. The summed E-state index contributed by atoms with van der Waals surface area (Å²) in [5.74, 6) is 0.228. The number of halogens is 2. The summed E-state index contributed by atoms with van der Waals surface area (Å²) in [5, 5.41) is 12.3. The summed E-state index contributed by atoms with van der Waals surface area (Å²) in [6.07, 6.45) is 3.02. The fraction of sp³-hybridized carbons (Fsp3) is 0.100. The summed E-state index contributed by atoms with van der Waals surface area (Å²) in [7, 11) is 1.48. The van der Waals surface area contributed by atoms with Crippen molar-refractivity contribution in [3.05, 3.63) is 69.7 Å². The Morgan fingerprint density at radius 1 is 1.41 bits per heavy atom. The molecule has 0 heterocycles. The van der Waals surface area contributed by atoms with Gasteiger partial charge in [-0.3, -0.25) is 4.79 Å². The van der Waals surface area contributed by atoms with E-state index in [0.717, 1.165) is 4.47 Å². The maximum absolute atomic E-state index is 12.4. The van der Waals surface area contributed by atoms with Gasteiger partial charge in [0.15, 0.2) is 11.5 Å². The van der Waals surface area contributed by atoms with Crippen molar-refractivity contribution in [2.75, 3.05) is 19.0 Å². The summed E-state index contributed by atoms with van der Waals surface area (Å²) in [5.41, 5.74) is 1.02. The minimum absolute atomic E-state index is 0.0761. The number of carbonyl (C=O) groups is 1. The summed E-state index contributed by atoms with van der Waals surface area (Å²) in [4.78, 5) is 12.4. The number of methoxy groups -OCH3 is 1. The second-order valence-corrected chi connectivity index (χ2v) is 6.59. The average molecular weight is 448 g/mol. The van der Waals surface area contributed by atoms with Gasteiger partial charge in [-0.2, -0.15) is 5.26 Å². The molecule has 0 aliphatic rings. The molecule has 2 aromatic carbocycles. The van der Waals surface area contributed by atoms with Crippen LogP contribution in [0.25, 0.3) is 6.08 Å². The van der Waals surface area contributed by atoms with Gasteiger partial charge in [0.2, 0.25) is 0 Å². The molecule has 5 nitrogen and oxygen atoms in total. The number of hydrogen-bond acceptors (Lipinski definition) is 4. The van der Waals surface area contributed by atoms with Gasteiger partial charge >= 0.3 is 0 Å². The molecule has 0 unspecified atom stereocenters. The van der Waals surface area contributed by atoms with E-state index in [-0.39, 0.29) is 12.2 Å². The summed E-state index contributed by atoms with van der Waals surface area (Å²) in [6.45, 7) is 3.85. The Morgan fingerprint density at radius 3 is 2.81 bits per heavy atom. The topological polar surface area (TPSA) is 71.3 Å². The van der Waals surface area contributed by atoms with Crippen LogP contribution in [0.2, 0.25) is 5.02 Å². The van der Waals surface area contributed by atoms with E-state index >= 15 is 0 Å². The first kappa shape index (κ1) is 20.6. The van der Waals surface area contributed by atoms with Gasteiger partial charge < -0.3 is 14.8 Å². The number of benzene rings is 2. The Morgan fingerprint density at radius 2 is 2.19 bits per heavy atom. The van der Waals surface area contributed by atoms with E-state index in [4.69, 9.17) is 21.1 Å². The van der Waals surface area contributed by atoms with Gasteiger partial charge in [0, 0.05) is 10.2 Å². The van der Waals surface area contributed by atoms with Crippen LogP contribution in [0.5, 0.6) is 11.5 Å². The van der Waals surface area contributed by atoms with E-state index in [1.165, 1.54) is 13.2 Å². The standard InChI is InChI=1S/C20H16BrClN2O3/c1-3-7-27-19-17(22)9-13(10-18(19)26-2)8-14(12-23)20(25)24-16-6-4-5-15(21)11-16/h3-6,8-11H,1,7H2,2H3,(H,24,25)/b14-8-. The first-order chi connectivity index (χ1) is 13.0. The van der Waals surface area contributed by atoms with Crippen molar-refractivity contribution in [2.24, 2.45) is 0 Å². The van der Waals surface area contributed by atoms with Crippen LogP contribution in [0, 0.1) is 11.3 Å². The van der Waals surface area contributed by atoms with Crippen molar-refractivity contribution in [3.8, 4) is 17.6 Å². The molecule has 1 amide bonds. The third-order valence-electron chi connectivity index (χ3n) is 3.36. The van der Waals surface area contributed by atoms with Crippen LogP contribution in [-0.2, 0) is 4.79 Å². The lowest BCUT2D eigenvalue weighted by Gasteiger charge is -2.12. The zero-order valence-corrected chi connectivity index (χ0v) is 16.8. The normalized spacial score (nSPS) is 10.7. The number of amides is 1. The maximum Gasteiger partial charge on any atom is 0.266 e. The molecule has 2 rings (SSSR count). The highest BCUT2D eigenvalue weighted by atomic mass is 79.9. The van der Waals surface area contributed by atoms with Gasteiger partial charge in [-0.25, -0.2) is 0 Å². The number of nitrogens with one attached hydrogen (secondary N) is 1. The van der Waals surface area contributed by atoms with E-state index in [9.17, 15) is 10.1 Å². The number of nitriles is 1. The monoisotopic (exact) mass is 446 g/mol. The number of hydrogen-bond donors (Lipinski definition) is 1. The molecule has 1 N–H and O–H groups in total. The molecule has 0 atom stereocenters. The highest BCUT2D eigenvalue weighted by Crippen LogP contribution is 2.37. The SMILES string of the molecule is C=CCOc1c(Cl)cc(/C=C(/C#N)C(=O)Nc2cccc(Br)c2)cc1OC. The Bertz CT molecular complexity index is 935. The van der Waals surface area contributed by atoms with E-state index in [1.54, 1.807) is 36.4 Å². The van der Waals surface area contributed by atoms with Gasteiger partial charge in [0.25, 0.3) is 5.91 Å². The zero-order valence-electron chi connectivity index (χ0n) is 14.5. The van der Waals surface area contributed by atoms with Gasteiger partial charge in [-0.1, -0.05) is 46.3 Å². The fourth-order valence-electron chi connectivity index (χ4n) is 2.19. The predicted octanol–water partition coefficient (Wildman–Crippen LogP) is 5.22. The lowest BCUT2D eigenvalue weighted by Crippen LogP contribution is -2.13. The van der Waals surface area contributed by atoms with E-state index < -0.39 is 5.91 Å². The molecule has 0 bridgehead atoms. The second-order valence-electron chi connectivity index (χ2n) is 5.27. The number of carbonyl (C=O) groups excluding carboxylic acids is 1. The molecule has 0 aromatic heterocycles. The Labute approximate surface area is 171 Å². The van der Waals surface area contributed by atoms with Crippen molar-refractivity contribution in [1.82, 2.24) is 0 Å². The summed E-state index contributed by atoms with van der Waals surface area (Å²) in [6, 6.07) is 12.2. The van der Waals surface area contributed by atoms with Crippen LogP contribution < -0.4 is 14.8 Å². The molecule has 0 fully saturated rings. The van der Waals surface area contributed by atoms with Gasteiger partial charge in [-0.05, 0) is 42.0 Å². The Balaban J connectivity index is 2.31. The molecule has 0 aliphatic carbocycles. The fourth-order valence-corrected chi connectivity index (χ4v) is 2.86. The highest BCUT2D eigenvalue weighted by molar-refractivity contribution is 9.10. The van der Waals surface area contributed by atoms with Gasteiger partial charge in [0.1, 0.15) is 18.2 Å². The Kier molecular flexibility index (Phi) is 7.47. The highest BCUT2D eigenvalue weighted by Gasteiger charge is 2.14. The van der Waals surface area contributed by atoms with Gasteiger partial charge in [-0.15, -0.1) is 0 Å². The molecule has 0 spiro atoms. The molecule has 27 heavy (non-hydrogen) atoms. The minimum Gasteiger partial charge on any atom is -0.493 e. The van der Waals surface area contributed by atoms with Crippen LogP contribution >= 0.6 is 27.5 Å². The number of nitrogens with zero attached hydrogens (tertiary/aromatic N) is 1. The molecule has 0 saturated carbocycles. The molecule has 0 aliphatic heterocycles. The van der Waals surface area contributed by atoms with Crippen molar-refractivity contribution in [3.63, 3.8) is 0 Å². The average Bonchev–Trinajstić information content (AvgIpc) is 2.64. The van der Waals surface area contributed by atoms with E-state index in [2.05, 4.69) is 27.8 Å². The molecular formula is C20H16BrClN2O3.